The molecule has 4 heteroatoms. The Morgan fingerprint density at radius 1 is 1.35 bits per heavy atom. The van der Waals surface area contributed by atoms with E-state index in [1.54, 1.807) is 7.11 Å². The molecular weight excluding hydrogens is 250 g/mol. The molecule has 0 spiro atoms. The van der Waals surface area contributed by atoms with Gasteiger partial charge in [-0.3, -0.25) is 4.99 Å². The first-order valence-electron chi connectivity index (χ1n) is 7.38. The van der Waals surface area contributed by atoms with Crippen LogP contribution in [0.5, 0.6) is 5.75 Å². The number of methoxy groups -OCH3 is 1. The van der Waals surface area contributed by atoms with Crippen LogP contribution in [0.15, 0.2) is 29.3 Å². The van der Waals surface area contributed by atoms with Crippen molar-refractivity contribution in [2.24, 2.45) is 22.6 Å². The minimum Gasteiger partial charge on any atom is -0.497 e. The second-order valence-electron chi connectivity index (χ2n) is 5.72. The molecule has 0 amide bonds. The van der Waals surface area contributed by atoms with E-state index in [0.717, 1.165) is 23.9 Å². The summed E-state index contributed by atoms with van der Waals surface area (Å²) in [4.78, 5) is 4.47. The zero-order valence-corrected chi connectivity index (χ0v) is 12.4. The molecule has 0 saturated heterocycles. The lowest BCUT2D eigenvalue weighted by atomic mass is 9.82. The number of nitrogens with two attached hydrogens (primary N) is 1. The van der Waals surface area contributed by atoms with E-state index in [1.807, 2.05) is 24.3 Å². The van der Waals surface area contributed by atoms with Crippen molar-refractivity contribution < 1.29 is 4.74 Å². The van der Waals surface area contributed by atoms with Crippen molar-refractivity contribution in [1.82, 2.24) is 0 Å². The predicted octanol–water partition coefficient (Wildman–Crippen LogP) is 3.25. The van der Waals surface area contributed by atoms with Crippen molar-refractivity contribution in [3.8, 4) is 5.75 Å². The van der Waals surface area contributed by atoms with Gasteiger partial charge in [0, 0.05) is 12.2 Å². The lowest BCUT2D eigenvalue weighted by Crippen LogP contribution is -2.24. The fraction of sp³-hybridized carbons (Fsp3) is 0.562. The van der Waals surface area contributed by atoms with Crippen LogP contribution in [0, 0.1) is 11.8 Å². The van der Waals surface area contributed by atoms with Crippen LogP contribution < -0.4 is 15.8 Å². The molecule has 0 aliphatic heterocycles. The highest BCUT2D eigenvalue weighted by Gasteiger charge is 2.18. The summed E-state index contributed by atoms with van der Waals surface area (Å²) in [5, 5.41) is 3.12. The molecular formula is C16H25N3O. The summed E-state index contributed by atoms with van der Waals surface area (Å²) in [6.07, 6.45) is 5.25. The molecule has 110 valence electrons. The Hall–Kier alpha value is -1.71. The monoisotopic (exact) mass is 275 g/mol. The summed E-state index contributed by atoms with van der Waals surface area (Å²) in [5.74, 6) is 2.85. The molecule has 1 saturated carbocycles. The zero-order chi connectivity index (χ0) is 14.4. The molecule has 1 aliphatic rings. The van der Waals surface area contributed by atoms with Crippen LogP contribution in [-0.4, -0.2) is 19.6 Å². The third-order valence-corrected chi connectivity index (χ3v) is 3.93. The highest BCUT2D eigenvalue weighted by Crippen LogP contribution is 2.28. The maximum absolute atomic E-state index is 5.94. The molecule has 4 nitrogen and oxygen atoms in total. The van der Waals surface area contributed by atoms with Crippen molar-refractivity contribution >= 4 is 11.6 Å². The van der Waals surface area contributed by atoms with Crippen molar-refractivity contribution in [3.63, 3.8) is 0 Å². The van der Waals surface area contributed by atoms with Gasteiger partial charge in [0.15, 0.2) is 5.96 Å². The summed E-state index contributed by atoms with van der Waals surface area (Å²) in [6.45, 7) is 3.16. The van der Waals surface area contributed by atoms with Crippen LogP contribution >= 0.6 is 0 Å². The lowest BCUT2D eigenvalue weighted by molar-refractivity contribution is 0.289. The van der Waals surface area contributed by atoms with Crippen LogP contribution in [0.4, 0.5) is 5.69 Å². The van der Waals surface area contributed by atoms with E-state index in [0.29, 0.717) is 11.9 Å². The number of ether oxygens (including phenoxy) is 1. The van der Waals surface area contributed by atoms with E-state index in [1.165, 1.54) is 25.7 Å². The second-order valence-corrected chi connectivity index (χ2v) is 5.72. The van der Waals surface area contributed by atoms with Gasteiger partial charge in [0.25, 0.3) is 0 Å². The average Bonchev–Trinajstić information content (AvgIpc) is 2.46. The minimum atomic E-state index is 0.494. The largest absolute Gasteiger partial charge is 0.497 e. The highest BCUT2D eigenvalue weighted by atomic mass is 16.5. The number of nitrogens with zero attached hydrogens (tertiary/aromatic N) is 1. The maximum Gasteiger partial charge on any atom is 0.193 e. The number of anilines is 1. The van der Waals surface area contributed by atoms with E-state index >= 15 is 0 Å². The number of hydrogen-bond donors (Lipinski definition) is 2. The quantitative estimate of drug-likeness (QED) is 0.655. The Labute approximate surface area is 121 Å². The Kier molecular flexibility index (Phi) is 5.27. The summed E-state index contributed by atoms with van der Waals surface area (Å²) < 4.78 is 5.12. The van der Waals surface area contributed by atoms with Gasteiger partial charge in [-0.1, -0.05) is 19.8 Å². The molecule has 2 rings (SSSR count). The average molecular weight is 275 g/mol. The van der Waals surface area contributed by atoms with Gasteiger partial charge >= 0.3 is 0 Å². The second kappa shape index (κ2) is 7.17. The van der Waals surface area contributed by atoms with Crippen LogP contribution in [0.2, 0.25) is 0 Å². The Morgan fingerprint density at radius 3 is 2.75 bits per heavy atom. The van der Waals surface area contributed by atoms with Gasteiger partial charge < -0.3 is 15.8 Å². The third kappa shape index (κ3) is 4.44. The number of aliphatic imine (C=N–C) groups is 1. The van der Waals surface area contributed by atoms with Crippen LogP contribution in [0.3, 0.4) is 0 Å². The fourth-order valence-electron chi connectivity index (χ4n) is 2.81. The number of guanidine groups is 1. The first kappa shape index (κ1) is 14.7. The summed E-state index contributed by atoms with van der Waals surface area (Å²) in [6, 6.07) is 7.67. The molecule has 1 aliphatic carbocycles. The summed E-state index contributed by atoms with van der Waals surface area (Å²) >= 11 is 0. The molecule has 3 N–H and O–H groups in total. The van der Waals surface area contributed by atoms with Crippen LogP contribution in [0.25, 0.3) is 0 Å². The zero-order valence-electron chi connectivity index (χ0n) is 12.4. The van der Waals surface area contributed by atoms with E-state index in [4.69, 9.17) is 10.5 Å². The molecule has 1 aromatic rings. The molecule has 2 unspecified atom stereocenters. The van der Waals surface area contributed by atoms with Gasteiger partial charge in [-0.15, -0.1) is 0 Å². The van der Waals surface area contributed by atoms with Crippen molar-refractivity contribution in [3.05, 3.63) is 24.3 Å². The van der Waals surface area contributed by atoms with Crippen LogP contribution in [0.1, 0.15) is 32.6 Å². The predicted molar refractivity (Wildman–Crippen MR) is 84.2 cm³/mol. The van der Waals surface area contributed by atoms with Crippen molar-refractivity contribution in [2.75, 3.05) is 19.0 Å². The maximum atomic E-state index is 5.94. The van der Waals surface area contributed by atoms with E-state index in [9.17, 15) is 0 Å². The summed E-state index contributed by atoms with van der Waals surface area (Å²) in [5.41, 5.74) is 6.87. The number of rotatable bonds is 4. The summed E-state index contributed by atoms with van der Waals surface area (Å²) in [7, 11) is 1.66. The SMILES string of the molecule is COc1ccc(NC(N)=NCC2CCCC(C)C2)cc1. The van der Waals surface area contributed by atoms with Gasteiger partial charge in [0.2, 0.25) is 0 Å². The van der Waals surface area contributed by atoms with Gasteiger partial charge in [0.05, 0.1) is 7.11 Å². The van der Waals surface area contributed by atoms with Gasteiger partial charge in [-0.2, -0.15) is 0 Å². The third-order valence-electron chi connectivity index (χ3n) is 3.93. The smallest absolute Gasteiger partial charge is 0.193 e. The molecule has 1 fully saturated rings. The number of hydrogen-bond acceptors (Lipinski definition) is 2. The molecule has 0 aromatic heterocycles. The van der Waals surface area contributed by atoms with Gasteiger partial charge in [0.1, 0.15) is 5.75 Å². The molecule has 2 atom stereocenters. The number of nitrogens with one attached hydrogen (secondary N) is 1. The van der Waals surface area contributed by atoms with Crippen molar-refractivity contribution in [2.45, 2.75) is 32.6 Å². The first-order valence-corrected chi connectivity index (χ1v) is 7.38. The van der Waals surface area contributed by atoms with Crippen molar-refractivity contribution in [1.29, 1.82) is 0 Å². The van der Waals surface area contributed by atoms with Gasteiger partial charge in [-0.25, -0.2) is 0 Å². The lowest BCUT2D eigenvalue weighted by Gasteiger charge is -2.25. The standard InChI is InChI=1S/C16H25N3O/c1-12-4-3-5-13(10-12)11-18-16(17)19-14-6-8-15(20-2)9-7-14/h6-9,12-13H,3-5,10-11H2,1-2H3,(H3,17,18,19). The normalized spacial score (nSPS) is 23.4. The topological polar surface area (TPSA) is 59.6 Å². The van der Waals surface area contributed by atoms with E-state index in [2.05, 4.69) is 17.2 Å². The first-order chi connectivity index (χ1) is 9.67. The van der Waals surface area contributed by atoms with Gasteiger partial charge in [-0.05, 0) is 48.9 Å². The minimum absolute atomic E-state index is 0.494. The Morgan fingerprint density at radius 2 is 2.10 bits per heavy atom. The van der Waals surface area contributed by atoms with E-state index < -0.39 is 0 Å². The molecule has 20 heavy (non-hydrogen) atoms. The Balaban J connectivity index is 1.83. The molecule has 0 heterocycles. The van der Waals surface area contributed by atoms with Crippen LogP contribution in [-0.2, 0) is 0 Å². The molecule has 1 aromatic carbocycles. The van der Waals surface area contributed by atoms with E-state index in [-0.39, 0.29) is 0 Å². The number of benzene rings is 1. The molecule has 0 radical (unpaired) electrons. The molecule has 0 bridgehead atoms. The highest BCUT2D eigenvalue weighted by molar-refractivity contribution is 5.92. The Bertz CT molecular complexity index is 442. The fourth-order valence-corrected chi connectivity index (χ4v) is 2.81.